The topological polar surface area (TPSA) is 108 Å². The van der Waals surface area contributed by atoms with Crippen molar-refractivity contribution in [1.29, 1.82) is 0 Å². The minimum Gasteiger partial charge on any atom is -0.495 e. The van der Waals surface area contributed by atoms with Gasteiger partial charge in [-0.05, 0) is 63.7 Å². The fraction of sp³-hybridized carbons (Fsp3) is 0.387. The van der Waals surface area contributed by atoms with Crippen molar-refractivity contribution in [3.63, 3.8) is 0 Å². The number of aromatic nitrogens is 3. The van der Waals surface area contributed by atoms with Gasteiger partial charge in [0.05, 0.1) is 24.0 Å². The first-order valence-corrected chi connectivity index (χ1v) is 14.3. The van der Waals surface area contributed by atoms with Gasteiger partial charge in [0.15, 0.2) is 0 Å². The summed E-state index contributed by atoms with van der Waals surface area (Å²) < 4.78 is 26.9. The molecule has 0 bridgehead atoms. The van der Waals surface area contributed by atoms with E-state index in [4.69, 9.17) is 9.47 Å². The number of aliphatic hydroxyl groups is 1. The molecule has 0 radical (unpaired) electrons. The number of methoxy groups -OCH3 is 1. The van der Waals surface area contributed by atoms with Gasteiger partial charge in [-0.2, -0.15) is 0 Å². The van der Waals surface area contributed by atoms with Crippen molar-refractivity contribution in [2.45, 2.75) is 25.3 Å². The third kappa shape index (κ3) is 6.17. The summed E-state index contributed by atoms with van der Waals surface area (Å²) in [6, 6.07) is 12.4. The van der Waals surface area contributed by atoms with Crippen molar-refractivity contribution in [3.05, 3.63) is 60.8 Å². The molecule has 2 saturated heterocycles. The molecule has 42 heavy (non-hydrogen) atoms. The molecular formula is C31H36FN7O3. The molecule has 1 unspecified atom stereocenters. The molecule has 220 valence electrons. The SMILES string of the molecule is COc1cc2ncnc(Nc3ccc(Oc4ccnc(N5CCC(CO)C5)c4)cc3F)c2cc1NC1CCN(C)CC1. The Kier molecular flexibility index (Phi) is 8.20. The van der Waals surface area contributed by atoms with E-state index in [2.05, 4.69) is 42.4 Å². The van der Waals surface area contributed by atoms with Crippen LogP contribution in [0, 0.1) is 11.7 Å². The predicted molar refractivity (Wildman–Crippen MR) is 162 cm³/mol. The van der Waals surface area contributed by atoms with E-state index in [1.54, 1.807) is 31.5 Å². The number of pyridine rings is 1. The van der Waals surface area contributed by atoms with Crippen molar-refractivity contribution in [3.8, 4) is 17.2 Å². The van der Waals surface area contributed by atoms with E-state index >= 15 is 4.39 Å². The second-order valence-electron chi connectivity index (χ2n) is 11.0. The Hall–Kier alpha value is -4.22. The van der Waals surface area contributed by atoms with Crippen LogP contribution in [-0.4, -0.2) is 77.9 Å². The van der Waals surface area contributed by atoms with Crippen molar-refractivity contribution >= 4 is 33.9 Å². The van der Waals surface area contributed by atoms with E-state index in [-0.39, 0.29) is 18.2 Å². The molecule has 6 rings (SSSR count). The molecule has 1 atom stereocenters. The van der Waals surface area contributed by atoms with Crippen molar-refractivity contribution in [2.75, 3.05) is 62.5 Å². The third-order valence-corrected chi connectivity index (χ3v) is 8.05. The summed E-state index contributed by atoms with van der Waals surface area (Å²) >= 11 is 0. The quantitative estimate of drug-likeness (QED) is 0.252. The first-order valence-electron chi connectivity index (χ1n) is 14.3. The molecule has 0 spiro atoms. The minimum atomic E-state index is -0.475. The van der Waals surface area contributed by atoms with Crippen molar-refractivity contribution in [2.24, 2.45) is 5.92 Å². The molecule has 0 saturated carbocycles. The molecule has 11 heteroatoms. The Morgan fingerprint density at radius 2 is 1.81 bits per heavy atom. The highest BCUT2D eigenvalue weighted by Gasteiger charge is 2.23. The van der Waals surface area contributed by atoms with Gasteiger partial charge in [-0.15, -0.1) is 0 Å². The van der Waals surface area contributed by atoms with Gasteiger partial charge >= 0.3 is 0 Å². The molecular weight excluding hydrogens is 537 g/mol. The number of halogens is 1. The van der Waals surface area contributed by atoms with Crippen LogP contribution in [0.4, 0.5) is 27.4 Å². The number of hydrogen-bond acceptors (Lipinski definition) is 10. The van der Waals surface area contributed by atoms with Crippen molar-refractivity contribution < 1.29 is 19.0 Å². The number of nitrogens with one attached hydrogen (secondary N) is 2. The third-order valence-electron chi connectivity index (χ3n) is 8.05. The number of hydrogen-bond donors (Lipinski definition) is 3. The van der Waals surface area contributed by atoms with Crippen LogP contribution < -0.4 is 25.0 Å². The number of piperidine rings is 1. The largest absolute Gasteiger partial charge is 0.495 e. The second-order valence-corrected chi connectivity index (χ2v) is 11.0. The first-order chi connectivity index (χ1) is 20.5. The van der Waals surface area contributed by atoms with Gasteiger partial charge in [-0.1, -0.05) is 0 Å². The molecule has 3 N–H and O–H groups in total. The maximum absolute atomic E-state index is 15.3. The summed E-state index contributed by atoms with van der Waals surface area (Å²) in [7, 11) is 3.78. The lowest BCUT2D eigenvalue weighted by Gasteiger charge is -2.30. The molecule has 2 aromatic carbocycles. The molecule has 0 aliphatic carbocycles. The number of nitrogens with zero attached hydrogens (tertiary/aromatic N) is 5. The Labute approximate surface area is 244 Å². The van der Waals surface area contributed by atoms with E-state index in [0.717, 1.165) is 62.3 Å². The zero-order chi connectivity index (χ0) is 29.1. The van der Waals surface area contributed by atoms with E-state index < -0.39 is 5.82 Å². The average molecular weight is 574 g/mol. The van der Waals surface area contributed by atoms with Crippen LogP contribution in [0.25, 0.3) is 10.9 Å². The Balaban J connectivity index is 1.19. The predicted octanol–water partition coefficient (Wildman–Crippen LogP) is 5.03. The molecule has 2 fully saturated rings. The van der Waals surface area contributed by atoms with Crippen LogP contribution in [0.3, 0.4) is 0 Å². The van der Waals surface area contributed by atoms with Gasteiger partial charge in [-0.25, -0.2) is 19.3 Å². The fourth-order valence-corrected chi connectivity index (χ4v) is 5.59. The van der Waals surface area contributed by atoms with E-state index in [1.807, 2.05) is 18.2 Å². The number of aliphatic hydroxyl groups excluding tert-OH is 1. The van der Waals surface area contributed by atoms with E-state index in [9.17, 15) is 5.11 Å². The lowest BCUT2D eigenvalue weighted by molar-refractivity contribution is 0.238. The van der Waals surface area contributed by atoms with Gasteiger partial charge in [0.1, 0.15) is 41.0 Å². The molecule has 2 aromatic heterocycles. The van der Waals surface area contributed by atoms with Crippen LogP contribution in [-0.2, 0) is 0 Å². The summed E-state index contributed by atoms with van der Waals surface area (Å²) in [6.45, 7) is 3.82. The summed E-state index contributed by atoms with van der Waals surface area (Å²) in [5.74, 6) is 2.68. The van der Waals surface area contributed by atoms with Gasteiger partial charge in [0.25, 0.3) is 0 Å². The zero-order valence-corrected chi connectivity index (χ0v) is 23.9. The number of anilines is 4. The molecule has 4 aromatic rings. The van der Waals surface area contributed by atoms with Crippen LogP contribution in [0.15, 0.2) is 55.0 Å². The Bertz CT molecular complexity index is 1550. The second kappa shape index (κ2) is 12.3. The molecule has 0 amide bonds. The minimum absolute atomic E-state index is 0.169. The number of benzene rings is 2. The smallest absolute Gasteiger partial charge is 0.150 e. The lowest BCUT2D eigenvalue weighted by atomic mass is 10.0. The maximum atomic E-state index is 15.3. The summed E-state index contributed by atoms with van der Waals surface area (Å²) in [5.41, 5.74) is 1.82. The summed E-state index contributed by atoms with van der Waals surface area (Å²) in [5, 5.41) is 17.0. The monoisotopic (exact) mass is 573 g/mol. The molecule has 2 aliphatic rings. The Morgan fingerprint density at radius 3 is 2.57 bits per heavy atom. The zero-order valence-electron chi connectivity index (χ0n) is 23.9. The molecule has 4 heterocycles. The average Bonchev–Trinajstić information content (AvgIpc) is 3.49. The van der Waals surface area contributed by atoms with Crippen LogP contribution in [0.1, 0.15) is 19.3 Å². The Morgan fingerprint density at radius 1 is 0.976 bits per heavy atom. The maximum Gasteiger partial charge on any atom is 0.150 e. The highest BCUT2D eigenvalue weighted by Crippen LogP contribution is 2.35. The van der Waals surface area contributed by atoms with Crippen LogP contribution >= 0.6 is 0 Å². The van der Waals surface area contributed by atoms with E-state index in [0.29, 0.717) is 34.6 Å². The van der Waals surface area contributed by atoms with Gasteiger partial charge in [0, 0.05) is 61.4 Å². The summed E-state index contributed by atoms with van der Waals surface area (Å²) in [6.07, 6.45) is 6.13. The van der Waals surface area contributed by atoms with E-state index in [1.165, 1.54) is 12.4 Å². The standard InChI is InChI=1S/C31H36FN7O3/c1-38-10-7-21(8-11-38)36-28-15-24-27(16-29(28)41-2)34-19-35-31(24)37-26-4-3-22(13-25(26)32)42-23-5-9-33-30(14-23)39-12-6-20(17-39)18-40/h3-5,9,13-16,19-21,36,40H,6-8,10-12,17-18H2,1-2H3,(H,34,35,37). The number of rotatable bonds is 9. The first kappa shape index (κ1) is 27.9. The van der Waals surface area contributed by atoms with Crippen molar-refractivity contribution in [1.82, 2.24) is 19.9 Å². The summed E-state index contributed by atoms with van der Waals surface area (Å²) in [4.78, 5) is 17.7. The van der Waals surface area contributed by atoms with Gasteiger partial charge < -0.3 is 35.0 Å². The lowest BCUT2D eigenvalue weighted by Crippen LogP contribution is -2.36. The van der Waals surface area contributed by atoms with Gasteiger partial charge in [-0.3, -0.25) is 0 Å². The van der Waals surface area contributed by atoms with Crippen LogP contribution in [0.2, 0.25) is 0 Å². The van der Waals surface area contributed by atoms with Crippen LogP contribution in [0.5, 0.6) is 17.2 Å². The number of ether oxygens (including phenoxy) is 2. The van der Waals surface area contributed by atoms with Gasteiger partial charge in [0.2, 0.25) is 0 Å². The fourth-order valence-electron chi connectivity index (χ4n) is 5.59. The highest BCUT2D eigenvalue weighted by molar-refractivity contribution is 5.95. The molecule has 10 nitrogen and oxygen atoms in total. The highest BCUT2D eigenvalue weighted by atomic mass is 19.1. The number of fused-ring (bicyclic) bond motifs is 1. The number of likely N-dealkylation sites (tertiary alicyclic amines) is 1. The molecule has 2 aliphatic heterocycles. The normalized spacial score (nSPS) is 17.9.